The fourth-order valence-corrected chi connectivity index (χ4v) is 3.67. The maximum Gasteiger partial charge on any atom is 0.336 e. The zero-order valence-electron chi connectivity index (χ0n) is 16.4. The molecule has 2 heterocycles. The predicted molar refractivity (Wildman–Crippen MR) is 103 cm³/mol. The monoisotopic (exact) mass is 390 g/mol. The lowest BCUT2D eigenvalue weighted by atomic mass is 10.0. The van der Waals surface area contributed by atoms with Crippen molar-refractivity contribution in [2.24, 2.45) is 0 Å². The molecule has 0 radical (unpaired) electrons. The molecule has 0 spiro atoms. The molecule has 2 aliphatic heterocycles. The highest BCUT2D eigenvalue weighted by Gasteiger charge is 2.36. The van der Waals surface area contributed by atoms with E-state index in [1.165, 1.54) is 12.1 Å². The lowest BCUT2D eigenvalue weighted by Gasteiger charge is -2.43. The standard InChI is InChI=1S/C21H27FN2O4/c1-3-28-20-19(21(25)26)15(2)12-18(23-8-5-10-27-11-9-23)24(20)14-16-6-4-7-17(22)13-16/h4,6-7,12-13,20H,3,5,8-11,14H2,1-2H3,(H,25,26). The van der Waals surface area contributed by atoms with Gasteiger partial charge in [-0.2, -0.15) is 0 Å². The first-order chi connectivity index (χ1) is 13.5. The Hall–Kier alpha value is -2.38. The Bertz CT molecular complexity index is 769. The van der Waals surface area contributed by atoms with Crippen molar-refractivity contribution in [3.05, 3.63) is 58.7 Å². The molecule has 0 saturated carbocycles. The summed E-state index contributed by atoms with van der Waals surface area (Å²) in [6.07, 6.45) is 2.04. The van der Waals surface area contributed by atoms with Gasteiger partial charge in [0.15, 0.2) is 6.23 Å². The quantitative estimate of drug-likeness (QED) is 0.806. The van der Waals surface area contributed by atoms with Gasteiger partial charge in [0, 0.05) is 32.8 Å². The Labute approximate surface area is 164 Å². The summed E-state index contributed by atoms with van der Waals surface area (Å²) in [6.45, 7) is 7.17. The average Bonchev–Trinajstić information content (AvgIpc) is 2.93. The van der Waals surface area contributed by atoms with E-state index in [0.717, 1.165) is 24.4 Å². The van der Waals surface area contributed by atoms with Crippen LogP contribution in [-0.2, 0) is 20.8 Å². The van der Waals surface area contributed by atoms with Crippen LogP contribution in [0.1, 0.15) is 25.8 Å². The summed E-state index contributed by atoms with van der Waals surface area (Å²) in [5.41, 5.74) is 1.64. The van der Waals surface area contributed by atoms with E-state index in [1.807, 2.05) is 24.0 Å². The number of rotatable bonds is 6. The Morgan fingerprint density at radius 2 is 2.18 bits per heavy atom. The average molecular weight is 390 g/mol. The predicted octanol–water partition coefficient (Wildman–Crippen LogP) is 2.97. The number of ether oxygens (including phenoxy) is 2. The third kappa shape index (κ3) is 4.54. The van der Waals surface area contributed by atoms with Crippen molar-refractivity contribution in [3.63, 3.8) is 0 Å². The zero-order chi connectivity index (χ0) is 20.1. The summed E-state index contributed by atoms with van der Waals surface area (Å²) in [5.74, 6) is -0.438. The van der Waals surface area contributed by atoms with E-state index in [1.54, 1.807) is 13.0 Å². The molecule has 1 atom stereocenters. The van der Waals surface area contributed by atoms with Gasteiger partial charge in [-0.3, -0.25) is 0 Å². The zero-order valence-corrected chi connectivity index (χ0v) is 16.4. The van der Waals surface area contributed by atoms with Gasteiger partial charge in [0.05, 0.1) is 12.2 Å². The Kier molecular flexibility index (Phi) is 6.70. The fourth-order valence-electron chi connectivity index (χ4n) is 3.67. The van der Waals surface area contributed by atoms with E-state index in [9.17, 15) is 14.3 Å². The van der Waals surface area contributed by atoms with E-state index in [4.69, 9.17) is 9.47 Å². The number of hydrogen-bond donors (Lipinski definition) is 1. The summed E-state index contributed by atoms with van der Waals surface area (Å²) in [4.78, 5) is 16.1. The van der Waals surface area contributed by atoms with E-state index in [-0.39, 0.29) is 11.4 Å². The summed E-state index contributed by atoms with van der Waals surface area (Å²) >= 11 is 0. The Balaban J connectivity index is 2.02. The van der Waals surface area contributed by atoms with Crippen LogP contribution in [0, 0.1) is 5.82 Å². The van der Waals surface area contributed by atoms with E-state index >= 15 is 0 Å². The molecule has 152 valence electrons. The van der Waals surface area contributed by atoms with Gasteiger partial charge in [-0.25, -0.2) is 9.18 Å². The molecule has 1 aromatic rings. The third-order valence-electron chi connectivity index (χ3n) is 4.94. The van der Waals surface area contributed by atoms with Crippen molar-refractivity contribution in [2.75, 3.05) is 32.9 Å². The molecule has 6 nitrogen and oxygen atoms in total. The number of halogens is 1. The summed E-state index contributed by atoms with van der Waals surface area (Å²) < 4.78 is 25.2. The molecule has 1 saturated heterocycles. The smallest absolute Gasteiger partial charge is 0.336 e. The number of hydrogen-bond acceptors (Lipinski definition) is 5. The van der Waals surface area contributed by atoms with Crippen LogP contribution < -0.4 is 0 Å². The van der Waals surface area contributed by atoms with Crippen molar-refractivity contribution in [2.45, 2.75) is 33.0 Å². The largest absolute Gasteiger partial charge is 0.478 e. The van der Waals surface area contributed by atoms with E-state index in [0.29, 0.717) is 38.5 Å². The lowest BCUT2D eigenvalue weighted by molar-refractivity contribution is -0.136. The molecule has 0 aromatic heterocycles. The van der Waals surface area contributed by atoms with Gasteiger partial charge < -0.3 is 24.4 Å². The van der Waals surface area contributed by atoms with Crippen LogP contribution in [0.2, 0.25) is 0 Å². The molecule has 0 bridgehead atoms. The van der Waals surface area contributed by atoms with Crippen molar-refractivity contribution in [3.8, 4) is 0 Å². The second kappa shape index (κ2) is 9.21. The second-order valence-electron chi connectivity index (χ2n) is 6.92. The molecule has 28 heavy (non-hydrogen) atoms. The normalized spacial score (nSPS) is 20.8. The van der Waals surface area contributed by atoms with Gasteiger partial charge in [0.1, 0.15) is 11.6 Å². The minimum atomic E-state index is -1.00. The molecule has 0 aliphatic carbocycles. The topological polar surface area (TPSA) is 62.2 Å². The molecule has 1 unspecified atom stereocenters. The van der Waals surface area contributed by atoms with Crippen LogP contribution in [0.5, 0.6) is 0 Å². The minimum Gasteiger partial charge on any atom is -0.478 e. The summed E-state index contributed by atoms with van der Waals surface area (Å²) in [7, 11) is 0. The Morgan fingerprint density at radius 1 is 1.36 bits per heavy atom. The maximum absolute atomic E-state index is 13.7. The Morgan fingerprint density at radius 3 is 2.89 bits per heavy atom. The van der Waals surface area contributed by atoms with E-state index in [2.05, 4.69) is 4.90 Å². The van der Waals surface area contributed by atoms with Crippen LogP contribution in [0.25, 0.3) is 0 Å². The maximum atomic E-state index is 13.7. The SMILES string of the molecule is CCOC1C(C(=O)O)=C(C)C=C(N2CCCOCC2)N1Cc1cccc(F)c1. The molecular formula is C21H27FN2O4. The molecule has 3 rings (SSSR count). The lowest BCUT2D eigenvalue weighted by Crippen LogP contribution is -2.47. The minimum absolute atomic E-state index is 0.216. The molecule has 7 heteroatoms. The molecule has 2 aliphatic rings. The van der Waals surface area contributed by atoms with Crippen LogP contribution in [0.4, 0.5) is 4.39 Å². The van der Waals surface area contributed by atoms with Gasteiger partial charge >= 0.3 is 5.97 Å². The van der Waals surface area contributed by atoms with Gasteiger partial charge in [0.2, 0.25) is 0 Å². The number of nitrogens with zero attached hydrogens (tertiary/aromatic N) is 2. The highest BCUT2D eigenvalue weighted by molar-refractivity contribution is 5.89. The number of aliphatic carboxylic acids is 1. The number of allylic oxidation sites excluding steroid dienone is 2. The van der Waals surface area contributed by atoms with Crippen LogP contribution >= 0.6 is 0 Å². The summed E-state index contributed by atoms with van der Waals surface area (Å²) in [6, 6.07) is 6.36. The van der Waals surface area contributed by atoms with Crippen LogP contribution in [0.15, 0.2) is 47.3 Å². The molecule has 1 N–H and O–H groups in total. The number of carboxylic acid groups (broad SMARTS) is 1. The number of carbonyl (C=O) groups is 1. The van der Waals surface area contributed by atoms with Crippen LogP contribution in [0.3, 0.4) is 0 Å². The highest BCUT2D eigenvalue weighted by atomic mass is 19.1. The van der Waals surface area contributed by atoms with Crippen molar-refractivity contribution in [1.29, 1.82) is 0 Å². The number of carboxylic acids is 1. The van der Waals surface area contributed by atoms with Crippen molar-refractivity contribution >= 4 is 5.97 Å². The first-order valence-electron chi connectivity index (χ1n) is 9.62. The molecule has 1 fully saturated rings. The van der Waals surface area contributed by atoms with Gasteiger partial charge in [-0.05, 0) is 49.6 Å². The third-order valence-corrected chi connectivity index (χ3v) is 4.94. The first-order valence-corrected chi connectivity index (χ1v) is 9.62. The number of benzene rings is 1. The fraction of sp³-hybridized carbons (Fsp3) is 0.476. The van der Waals surface area contributed by atoms with Gasteiger partial charge in [-0.1, -0.05) is 12.1 Å². The molecule has 0 amide bonds. The van der Waals surface area contributed by atoms with Crippen LogP contribution in [-0.4, -0.2) is 60.0 Å². The van der Waals surface area contributed by atoms with Crippen molar-refractivity contribution in [1.82, 2.24) is 9.80 Å². The van der Waals surface area contributed by atoms with E-state index < -0.39 is 12.2 Å². The van der Waals surface area contributed by atoms with Gasteiger partial charge in [-0.15, -0.1) is 0 Å². The second-order valence-corrected chi connectivity index (χ2v) is 6.92. The van der Waals surface area contributed by atoms with Crippen molar-refractivity contribution < 1.29 is 23.8 Å². The first kappa shape index (κ1) is 20.4. The summed E-state index contributed by atoms with van der Waals surface area (Å²) in [5, 5.41) is 9.79. The molecule has 1 aromatic carbocycles. The molecular weight excluding hydrogens is 363 g/mol. The van der Waals surface area contributed by atoms with Gasteiger partial charge in [0.25, 0.3) is 0 Å². The highest BCUT2D eigenvalue weighted by Crippen LogP contribution is 2.32.